The predicted octanol–water partition coefficient (Wildman–Crippen LogP) is 4.28. The maximum absolute atomic E-state index is 13.1. The summed E-state index contributed by atoms with van der Waals surface area (Å²) in [5.41, 5.74) is 2.26. The van der Waals surface area contributed by atoms with Crippen molar-refractivity contribution in [3.8, 4) is 0 Å². The van der Waals surface area contributed by atoms with Gasteiger partial charge in [-0.2, -0.15) is 0 Å². The molecule has 1 aliphatic heterocycles. The molecule has 0 spiro atoms. The van der Waals surface area contributed by atoms with Gasteiger partial charge in [-0.15, -0.1) is 0 Å². The number of rotatable bonds is 7. The second kappa shape index (κ2) is 10.8. The number of hydrogen-bond donors (Lipinski definition) is 1. The number of nitro benzene ring substituents is 1. The number of amides is 1. The minimum Gasteiger partial charge on any atom is -0.444 e. The van der Waals surface area contributed by atoms with Crippen molar-refractivity contribution in [2.45, 2.75) is 13.0 Å². The van der Waals surface area contributed by atoms with Gasteiger partial charge in [0.25, 0.3) is 11.6 Å². The second-order valence-corrected chi connectivity index (χ2v) is 8.11. The number of carbonyl (C=O) groups excluding carboxylic acids is 2. The summed E-state index contributed by atoms with van der Waals surface area (Å²) in [5, 5.41) is 14.5. The monoisotopic (exact) mass is 475 g/mol. The normalized spacial score (nSPS) is 14.1. The average Bonchev–Trinajstić information content (AvgIpc) is 2.89. The number of aryl methyl sites for hydroxylation is 1. The van der Waals surface area contributed by atoms with E-state index >= 15 is 0 Å². The lowest BCUT2D eigenvalue weighted by atomic mass is 10.1. The van der Waals surface area contributed by atoms with Crippen molar-refractivity contribution in [1.29, 1.82) is 0 Å². The number of nitrogens with zero attached hydrogens (tertiary/aromatic N) is 2. The Kier molecular flexibility index (Phi) is 7.37. The first-order chi connectivity index (χ1) is 16.9. The van der Waals surface area contributed by atoms with Crippen LogP contribution in [0.3, 0.4) is 0 Å². The van der Waals surface area contributed by atoms with E-state index < -0.39 is 22.9 Å². The van der Waals surface area contributed by atoms with Crippen molar-refractivity contribution in [3.05, 3.63) is 99.6 Å². The van der Waals surface area contributed by atoms with Gasteiger partial charge in [0.1, 0.15) is 5.69 Å². The third-order valence-electron chi connectivity index (χ3n) is 5.64. The number of esters is 1. The van der Waals surface area contributed by atoms with Gasteiger partial charge in [0, 0.05) is 30.4 Å². The van der Waals surface area contributed by atoms with Crippen LogP contribution in [0.2, 0.25) is 0 Å². The summed E-state index contributed by atoms with van der Waals surface area (Å²) >= 11 is 0. The molecule has 0 aromatic heterocycles. The molecule has 0 radical (unpaired) electrons. The van der Waals surface area contributed by atoms with Crippen molar-refractivity contribution < 1.29 is 24.0 Å². The van der Waals surface area contributed by atoms with Crippen molar-refractivity contribution in [1.82, 2.24) is 0 Å². The van der Waals surface area contributed by atoms with Crippen molar-refractivity contribution >= 4 is 28.9 Å². The van der Waals surface area contributed by atoms with Crippen LogP contribution in [-0.4, -0.2) is 43.1 Å². The summed E-state index contributed by atoms with van der Waals surface area (Å²) < 4.78 is 10.9. The third kappa shape index (κ3) is 5.82. The van der Waals surface area contributed by atoms with Crippen LogP contribution in [0.25, 0.3) is 0 Å². The number of morpholine rings is 1. The van der Waals surface area contributed by atoms with Crippen LogP contribution in [0.15, 0.2) is 72.8 Å². The molecule has 0 bridgehead atoms. The molecule has 9 heteroatoms. The molecule has 1 unspecified atom stereocenters. The van der Waals surface area contributed by atoms with E-state index in [1.165, 1.54) is 18.2 Å². The first-order valence-corrected chi connectivity index (χ1v) is 11.2. The molecule has 0 saturated carbocycles. The molecular formula is C26H25N3O6. The molecule has 3 aromatic carbocycles. The van der Waals surface area contributed by atoms with Gasteiger partial charge in [-0.05, 0) is 31.2 Å². The van der Waals surface area contributed by atoms with E-state index in [1.54, 1.807) is 42.5 Å². The molecule has 1 saturated heterocycles. The highest BCUT2D eigenvalue weighted by Gasteiger charge is 2.28. The third-order valence-corrected chi connectivity index (χ3v) is 5.64. The topological polar surface area (TPSA) is 111 Å². The Bertz CT molecular complexity index is 1210. The molecule has 180 valence electrons. The van der Waals surface area contributed by atoms with Crippen LogP contribution < -0.4 is 10.2 Å². The van der Waals surface area contributed by atoms with Gasteiger partial charge in [0.15, 0.2) is 0 Å². The standard InChI is InChI=1S/C26H25N3O6/c1-18-7-10-21(11-8-18)27-25(30)24(19-5-3-2-4-6-19)35-26(31)20-9-12-22(23(17-20)29(32)33)28-13-15-34-16-14-28/h2-12,17,24H,13-16H2,1H3,(H,27,30). The molecule has 1 heterocycles. The first kappa shape index (κ1) is 23.9. The summed E-state index contributed by atoms with van der Waals surface area (Å²) in [4.78, 5) is 39.2. The zero-order valence-corrected chi connectivity index (χ0v) is 19.2. The highest BCUT2D eigenvalue weighted by molar-refractivity contribution is 5.98. The Labute approximate surface area is 202 Å². The van der Waals surface area contributed by atoms with Gasteiger partial charge in [0.05, 0.1) is 23.7 Å². The molecule has 4 rings (SSSR count). The van der Waals surface area contributed by atoms with E-state index in [4.69, 9.17) is 9.47 Å². The van der Waals surface area contributed by atoms with E-state index in [9.17, 15) is 19.7 Å². The van der Waals surface area contributed by atoms with Crippen molar-refractivity contribution in [3.63, 3.8) is 0 Å². The number of carbonyl (C=O) groups is 2. The number of anilines is 2. The number of ether oxygens (including phenoxy) is 2. The van der Waals surface area contributed by atoms with Crippen molar-refractivity contribution in [2.75, 3.05) is 36.5 Å². The van der Waals surface area contributed by atoms with Crippen LogP contribution in [-0.2, 0) is 14.3 Å². The van der Waals surface area contributed by atoms with Gasteiger partial charge in [0.2, 0.25) is 6.10 Å². The molecule has 1 fully saturated rings. The summed E-state index contributed by atoms with van der Waals surface area (Å²) in [5.74, 6) is -1.37. The molecule has 35 heavy (non-hydrogen) atoms. The summed E-state index contributed by atoms with van der Waals surface area (Å²) in [6.07, 6.45) is -1.25. The Morgan fingerprint density at radius 3 is 2.37 bits per heavy atom. The Hall–Kier alpha value is -4.24. The van der Waals surface area contributed by atoms with Gasteiger partial charge in [-0.25, -0.2) is 4.79 Å². The summed E-state index contributed by atoms with van der Waals surface area (Å²) in [6, 6.07) is 20.0. The fourth-order valence-corrected chi connectivity index (χ4v) is 3.79. The van der Waals surface area contributed by atoms with E-state index in [-0.39, 0.29) is 11.3 Å². The summed E-state index contributed by atoms with van der Waals surface area (Å²) in [7, 11) is 0. The molecule has 1 atom stereocenters. The van der Waals surface area contributed by atoms with Gasteiger partial charge >= 0.3 is 5.97 Å². The number of nitrogens with one attached hydrogen (secondary N) is 1. The zero-order chi connectivity index (χ0) is 24.8. The number of benzene rings is 3. The highest BCUT2D eigenvalue weighted by atomic mass is 16.6. The lowest BCUT2D eigenvalue weighted by Crippen LogP contribution is -2.36. The van der Waals surface area contributed by atoms with Crippen LogP contribution in [0.5, 0.6) is 0 Å². The van der Waals surface area contributed by atoms with E-state index in [1.807, 2.05) is 24.0 Å². The summed E-state index contributed by atoms with van der Waals surface area (Å²) in [6.45, 7) is 3.90. The van der Waals surface area contributed by atoms with Crippen LogP contribution in [0.4, 0.5) is 17.1 Å². The lowest BCUT2D eigenvalue weighted by molar-refractivity contribution is -0.384. The zero-order valence-electron chi connectivity index (χ0n) is 19.2. The SMILES string of the molecule is Cc1ccc(NC(=O)C(OC(=O)c2ccc(N3CCOCC3)c([N+](=O)[O-])c2)c2ccccc2)cc1. The highest BCUT2D eigenvalue weighted by Crippen LogP contribution is 2.31. The minimum atomic E-state index is -1.25. The van der Waals surface area contributed by atoms with Crippen LogP contribution in [0.1, 0.15) is 27.6 Å². The van der Waals surface area contributed by atoms with Gasteiger partial charge in [-0.1, -0.05) is 48.0 Å². The minimum absolute atomic E-state index is 0.0159. The maximum Gasteiger partial charge on any atom is 0.339 e. The van der Waals surface area contributed by atoms with Crippen LogP contribution in [0, 0.1) is 17.0 Å². The molecule has 1 N–H and O–H groups in total. The lowest BCUT2D eigenvalue weighted by Gasteiger charge is -2.28. The molecular weight excluding hydrogens is 450 g/mol. The largest absolute Gasteiger partial charge is 0.444 e. The van der Waals surface area contributed by atoms with Gasteiger partial charge in [-0.3, -0.25) is 14.9 Å². The van der Waals surface area contributed by atoms with Crippen LogP contribution >= 0.6 is 0 Å². The molecule has 1 amide bonds. The van der Waals surface area contributed by atoms with E-state index in [0.29, 0.717) is 43.2 Å². The average molecular weight is 476 g/mol. The van der Waals surface area contributed by atoms with E-state index in [0.717, 1.165) is 5.56 Å². The second-order valence-electron chi connectivity index (χ2n) is 8.11. The van der Waals surface area contributed by atoms with E-state index in [2.05, 4.69) is 5.32 Å². The fourth-order valence-electron chi connectivity index (χ4n) is 3.79. The number of nitro groups is 1. The first-order valence-electron chi connectivity index (χ1n) is 11.2. The molecule has 9 nitrogen and oxygen atoms in total. The molecule has 0 aliphatic carbocycles. The maximum atomic E-state index is 13.1. The molecule has 1 aliphatic rings. The smallest absolute Gasteiger partial charge is 0.339 e. The Balaban J connectivity index is 1.58. The molecule has 3 aromatic rings. The Morgan fingerprint density at radius 2 is 1.71 bits per heavy atom. The Morgan fingerprint density at radius 1 is 1.03 bits per heavy atom. The fraction of sp³-hybridized carbons (Fsp3) is 0.231. The predicted molar refractivity (Wildman–Crippen MR) is 131 cm³/mol. The van der Waals surface area contributed by atoms with Gasteiger partial charge < -0.3 is 19.7 Å². The van der Waals surface area contributed by atoms with Crippen molar-refractivity contribution in [2.24, 2.45) is 0 Å². The number of hydrogen-bond acceptors (Lipinski definition) is 7. The quantitative estimate of drug-likeness (QED) is 0.308.